The number of methoxy groups -OCH3 is 1. The number of aryl methyl sites for hydroxylation is 2. The molecule has 0 aliphatic heterocycles. The summed E-state index contributed by atoms with van der Waals surface area (Å²) in [6.07, 6.45) is 0.593. The van der Waals surface area contributed by atoms with Crippen molar-refractivity contribution in [1.29, 1.82) is 0 Å². The third-order valence-corrected chi connectivity index (χ3v) is 6.52. The molecule has 1 N–H and O–H groups in total. The molecule has 42 heavy (non-hydrogen) atoms. The van der Waals surface area contributed by atoms with E-state index < -0.39 is 23.6 Å². The highest BCUT2D eigenvalue weighted by Crippen LogP contribution is 2.33. The van der Waals surface area contributed by atoms with E-state index in [1.165, 1.54) is 7.11 Å². The second kappa shape index (κ2) is 14.1. The predicted octanol–water partition coefficient (Wildman–Crippen LogP) is 6.77. The number of nitrogens with zero attached hydrogens (tertiary/aromatic N) is 1. The third-order valence-electron chi connectivity index (χ3n) is 6.52. The molecule has 0 saturated heterocycles. The Hall–Kier alpha value is -4.20. The average Bonchev–Trinajstić information content (AvgIpc) is 2.91. The molecular weight excluding hydrogens is 532 g/mol. The quantitative estimate of drug-likeness (QED) is 0.210. The number of ether oxygens (including phenoxy) is 3. The van der Waals surface area contributed by atoms with E-state index in [-0.39, 0.29) is 13.2 Å². The molecule has 1 amide bonds. The van der Waals surface area contributed by atoms with Crippen LogP contribution in [0.15, 0.2) is 48.5 Å². The zero-order valence-corrected chi connectivity index (χ0v) is 25.9. The van der Waals surface area contributed by atoms with Gasteiger partial charge in [-0.15, -0.1) is 0 Å². The van der Waals surface area contributed by atoms with Gasteiger partial charge in [-0.25, -0.2) is 14.4 Å². The minimum absolute atomic E-state index is 0.139. The van der Waals surface area contributed by atoms with E-state index in [1.807, 2.05) is 71.0 Å². The summed E-state index contributed by atoms with van der Waals surface area (Å²) in [6.45, 7) is 13.7. The molecule has 8 heteroatoms. The Kier molecular flexibility index (Phi) is 10.9. The van der Waals surface area contributed by atoms with Crippen molar-refractivity contribution >= 4 is 18.0 Å². The second-order valence-corrected chi connectivity index (χ2v) is 11.8. The van der Waals surface area contributed by atoms with Gasteiger partial charge in [0.1, 0.15) is 5.60 Å². The standard InChI is InChI=1S/C34H42N2O6/c1-21(2)19-28-27(20-35-33(39)42-34(5,6)7)30(25-13-9-22(3)10-14-25)29(23(4)36-28)32(38)41-18-17-24-11-15-26(16-12-24)31(37)40-8/h9-16,21H,17-20H2,1-8H3,(H,35,39). The predicted molar refractivity (Wildman–Crippen MR) is 163 cm³/mol. The van der Waals surface area contributed by atoms with Crippen LogP contribution in [0.3, 0.4) is 0 Å². The number of nitrogens with one attached hydrogen (secondary N) is 1. The van der Waals surface area contributed by atoms with Crippen LogP contribution in [-0.4, -0.2) is 42.3 Å². The fourth-order valence-corrected chi connectivity index (χ4v) is 4.57. The van der Waals surface area contributed by atoms with Crippen LogP contribution in [0.4, 0.5) is 4.79 Å². The first kappa shape index (κ1) is 32.3. The minimum Gasteiger partial charge on any atom is -0.465 e. The van der Waals surface area contributed by atoms with Crippen LogP contribution in [0, 0.1) is 19.8 Å². The highest BCUT2D eigenvalue weighted by molar-refractivity contribution is 5.99. The molecule has 0 spiro atoms. The molecule has 3 rings (SSSR count). The number of alkyl carbamates (subject to hydrolysis) is 1. The van der Waals surface area contributed by atoms with Gasteiger partial charge in [0.25, 0.3) is 0 Å². The molecule has 0 radical (unpaired) electrons. The summed E-state index contributed by atoms with van der Waals surface area (Å²) in [7, 11) is 1.34. The van der Waals surface area contributed by atoms with Crippen molar-refractivity contribution in [2.45, 2.75) is 73.5 Å². The van der Waals surface area contributed by atoms with E-state index in [0.717, 1.165) is 27.9 Å². The lowest BCUT2D eigenvalue weighted by Gasteiger charge is -2.23. The van der Waals surface area contributed by atoms with Crippen molar-refractivity contribution in [3.8, 4) is 11.1 Å². The van der Waals surface area contributed by atoms with Gasteiger partial charge in [-0.3, -0.25) is 4.98 Å². The van der Waals surface area contributed by atoms with Gasteiger partial charge in [-0.05, 0) is 70.2 Å². The van der Waals surface area contributed by atoms with Gasteiger partial charge in [-0.1, -0.05) is 55.8 Å². The SMILES string of the molecule is COC(=O)c1ccc(CCOC(=O)c2c(C)nc(CC(C)C)c(CNC(=O)OC(C)(C)C)c2-c2ccc(C)cc2)cc1. The van der Waals surface area contributed by atoms with E-state index in [1.54, 1.807) is 12.1 Å². The number of amides is 1. The lowest BCUT2D eigenvalue weighted by molar-refractivity contribution is 0.0505. The van der Waals surface area contributed by atoms with Gasteiger partial charge < -0.3 is 19.5 Å². The highest BCUT2D eigenvalue weighted by atomic mass is 16.6. The van der Waals surface area contributed by atoms with Crippen molar-refractivity contribution in [3.05, 3.63) is 87.7 Å². The Balaban J connectivity index is 1.98. The number of hydrogen-bond acceptors (Lipinski definition) is 7. The number of benzene rings is 2. The summed E-state index contributed by atoms with van der Waals surface area (Å²) in [5.74, 6) is -0.597. The Labute approximate surface area is 248 Å². The summed E-state index contributed by atoms with van der Waals surface area (Å²) < 4.78 is 16.0. The van der Waals surface area contributed by atoms with E-state index in [2.05, 4.69) is 19.2 Å². The minimum atomic E-state index is -0.648. The van der Waals surface area contributed by atoms with Crippen molar-refractivity contribution in [1.82, 2.24) is 10.3 Å². The maximum absolute atomic E-state index is 13.7. The van der Waals surface area contributed by atoms with Crippen LogP contribution < -0.4 is 5.32 Å². The molecular formula is C34H42N2O6. The first-order chi connectivity index (χ1) is 19.8. The van der Waals surface area contributed by atoms with E-state index in [0.29, 0.717) is 41.1 Å². The molecule has 8 nitrogen and oxygen atoms in total. The zero-order chi connectivity index (χ0) is 31.0. The molecule has 1 aromatic heterocycles. The maximum atomic E-state index is 13.7. The summed E-state index contributed by atoms with van der Waals surface area (Å²) in [5.41, 5.74) is 5.85. The molecule has 0 aliphatic carbocycles. The number of rotatable bonds is 10. The van der Waals surface area contributed by atoms with Crippen molar-refractivity contribution in [3.63, 3.8) is 0 Å². The molecule has 0 unspecified atom stereocenters. The number of pyridine rings is 1. The Morgan fingerprint density at radius 1 is 0.929 bits per heavy atom. The van der Waals surface area contributed by atoms with Gasteiger partial charge >= 0.3 is 18.0 Å². The lowest BCUT2D eigenvalue weighted by Crippen LogP contribution is -2.33. The molecule has 224 valence electrons. The topological polar surface area (TPSA) is 104 Å². The first-order valence-corrected chi connectivity index (χ1v) is 14.2. The van der Waals surface area contributed by atoms with Crippen LogP contribution in [0.5, 0.6) is 0 Å². The van der Waals surface area contributed by atoms with Gasteiger partial charge in [-0.2, -0.15) is 0 Å². The summed E-state index contributed by atoms with van der Waals surface area (Å²) in [6, 6.07) is 14.9. The Morgan fingerprint density at radius 2 is 1.57 bits per heavy atom. The van der Waals surface area contributed by atoms with Crippen molar-refractivity contribution < 1.29 is 28.6 Å². The van der Waals surface area contributed by atoms with Gasteiger partial charge in [0.15, 0.2) is 0 Å². The van der Waals surface area contributed by atoms with Crippen molar-refractivity contribution in [2.75, 3.05) is 13.7 Å². The number of esters is 2. The molecule has 0 atom stereocenters. The van der Waals surface area contributed by atoms with Crippen LogP contribution in [-0.2, 0) is 33.6 Å². The third kappa shape index (κ3) is 8.90. The zero-order valence-electron chi connectivity index (χ0n) is 25.9. The van der Waals surface area contributed by atoms with E-state index in [9.17, 15) is 14.4 Å². The summed E-state index contributed by atoms with van der Waals surface area (Å²) >= 11 is 0. The van der Waals surface area contributed by atoms with Crippen LogP contribution >= 0.6 is 0 Å². The average molecular weight is 575 g/mol. The fraction of sp³-hybridized carbons (Fsp3) is 0.412. The summed E-state index contributed by atoms with van der Waals surface area (Å²) in [5, 5.41) is 2.87. The van der Waals surface area contributed by atoms with Crippen LogP contribution in [0.2, 0.25) is 0 Å². The second-order valence-electron chi connectivity index (χ2n) is 11.8. The van der Waals surface area contributed by atoms with Gasteiger partial charge in [0.2, 0.25) is 0 Å². The van der Waals surface area contributed by atoms with Gasteiger partial charge in [0.05, 0.1) is 30.5 Å². The smallest absolute Gasteiger partial charge is 0.407 e. The molecule has 0 fully saturated rings. The Morgan fingerprint density at radius 3 is 2.14 bits per heavy atom. The van der Waals surface area contributed by atoms with E-state index in [4.69, 9.17) is 19.2 Å². The van der Waals surface area contributed by atoms with E-state index >= 15 is 0 Å². The highest BCUT2D eigenvalue weighted by Gasteiger charge is 2.26. The molecule has 2 aromatic carbocycles. The van der Waals surface area contributed by atoms with Crippen molar-refractivity contribution in [2.24, 2.45) is 5.92 Å². The number of carbonyl (C=O) groups excluding carboxylic acids is 3. The monoisotopic (exact) mass is 574 g/mol. The lowest BCUT2D eigenvalue weighted by atomic mass is 9.89. The number of aromatic nitrogens is 1. The largest absolute Gasteiger partial charge is 0.465 e. The molecule has 0 saturated carbocycles. The number of carbonyl (C=O) groups is 3. The fourth-order valence-electron chi connectivity index (χ4n) is 4.57. The normalized spacial score (nSPS) is 11.3. The molecule has 0 aliphatic rings. The molecule has 3 aromatic rings. The Bertz CT molecular complexity index is 1400. The van der Waals surface area contributed by atoms with Crippen LogP contribution in [0.25, 0.3) is 11.1 Å². The molecule has 1 heterocycles. The first-order valence-electron chi connectivity index (χ1n) is 14.2. The van der Waals surface area contributed by atoms with Gasteiger partial charge in [0, 0.05) is 29.8 Å². The maximum Gasteiger partial charge on any atom is 0.407 e. The number of hydrogen-bond donors (Lipinski definition) is 1. The molecule has 0 bridgehead atoms. The summed E-state index contributed by atoms with van der Waals surface area (Å²) in [4.78, 5) is 42.9. The van der Waals surface area contributed by atoms with Crippen LogP contribution in [0.1, 0.15) is 83.4 Å².